The number of halogens is 1. The van der Waals surface area contributed by atoms with Crippen molar-refractivity contribution >= 4 is 56.5 Å². The Hall–Kier alpha value is -2.81. The number of benzene rings is 2. The van der Waals surface area contributed by atoms with Gasteiger partial charge >= 0.3 is 0 Å². The van der Waals surface area contributed by atoms with Gasteiger partial charge in [-0.15, -0.1) is 11.3 Å². The van der Waals surface area contributed by atoms with Crippen LogP contribution in [0.1, 0.15) is 12.5 Å². The number of nitrogens with one attached hydrogen (secondary N) is 1. The van der Waals surface area contributed by atoms with Crippen LogP contribution in [0, 0.1) is 6.92 Å². The highest BCUT2D eigenvalue weighted by Gasteiger charge is 2.16. The summed E-state index contributed by atoms with van der Waals surface area (Å²) in [4.78, 5) is 30.4. The van der Waals surface area contributed by atoms with Crippen LogP contribution in [-0.2, 0) is 4.79 Å². The molecular formula is C23H20ClN3O3S2. The number of carbonyl (C=O) groups is 1. The number of carbonyl (C=O) groups excluding carboxylic acids is 1. The van der Waals surface area contributed by atoms with E-state index in [9.17, 15) is 9.59 Å². The van der Waals surface area contributed by atoms with Crippen LogP contribution in [0.15, 0.2) is 63.9 Å². The lowest BCUT2D eigenvalue weighted by Crippen LogP contribution is -2.22. The maximum Gasteiger partial charge on any atom is 0.276 e. The van der Waals surface area contributed by atoms with Gasteiger partial charge < -0.3 is 10.1 Å². The van der Waals surface area contributed by atoms with Crippen LogP contribution in [0.5, 0.6) is 5.75 Å². The quantitative estimate of drug-likeness (QED) is 0.275. The molecule has 0 aliphatic rings. The smallest absolute Gasteiger partial charge is 0.276 e. The molecule has 1 N–H and O–H groups in total. The average molecular weight is 486 g/mol. The van der Waals surface area contributed by atoms with Crippen LogP contribution < -0.4 is 15.6 Å². The number of anilines is 1. The molecule has 0 bridgehead atoms. The lowest BCUT2D eigenvalue weighted by atomic mass is 10.2. The standard InChI is InChI=1S/C23H20ClN3O3S2/c1-3-30-17-7-4-15(5-8-17)25-20(28)13-32-23-26-19-10-11-31-21(19)22(29)27(23)16-6-9-18(24)14(2)12-16/h4-12H,3,13H2,1-2H3,(H,25,28). The molecule has 0 atom stereocenters. The van der Waals surface area contributed by atoms with E-state index in [1.165, 1.54) is 27.7 Å². The lowest BCUT2D eigenvalue weighted by Gasteiger charge is -2.13. The fraction of sp³-hybridized carbons (Fsp3) is 0.174. The van der Waals surface area contributed by atoms with Gasteiger partial charge in [0.05, 0.1) is 23.6 Å². The first-order chi connectivity index (χ1) is 15.5. The van der Waals surface area contributed by atoms with Gasteiger partial charge in [-0.2, -0.15) is 0 Å². The maximum atomic E-state index is 13.2. The average Bonchev–Trinajstić information content (AvgIpc) is 3.25. The highest BCUT2D eigenvalue weighted by molar-refractivity contribution is 7.99. The van der Waals surface area contributed by atoms with Crippen LogP contribution in [0.25, 0.3) is 15.9 Å². The molecule has 1 amide bonds. The van der Waals surface area contributed by atoms with E-state index in [-0.39, 0.29) is 17.2 Å². The number of thioether (sulfide) groups is 1. The third-order valence-electron chi connectivity index (χ3n) is 4.63. The Balaban J connectivity index is 1.58. The van der Waals surface area contributed by atoms with E-state index in [4.69, 9.17) is 16.3 Å². The molecule has 6 nitrogen and oxygen atoms in total. The van der Waals surface area contributed by atoms with Crippen molar-refractivity contribution in [3.8, 4) is 11.4 Å². The summed E-state index contributed by atoms with van der Waals surface area (Å²) in [6.07, 6.45) is 0. The minimum absolute atomic E-state index is 0.0991. The Kier molecular flexibility index (Phi) is 6.83. The molecule has 0 aliphatic heterocycles. The van der Waals surface area contributed by atoms with Crippen LogP contribution in [0.2, 0.25) is 5.02 Å². The maximum absolute atomic E-state index is 13.2. The minimum atomic E-state index is -0.197. The summed E-state index contributed by atoms with van der Waals surface area (Å²) in [6.45, 7) is 4.38. The van der Waals surface area contributed by atoms with Crippen molar-refractivity contribution < 1.29 is 9.53 Å². The van der Waals surface area contributed by atoms with E-state index in [0.29, 0.717) is 38.4 Å². The number of rotatable bonds is 7. The molecule has 0 unspecified atom stereocenters. The Bertz CT molecular complexity index is 1330. The van der Waals surface area contributed by atoms with Gasteiger partial charge in [0.15, 0.2) is 5.16 Å². The van der Waals surface area contributed by atoms with E-state index in [0.717, 1.165) is 11.3 Å². The SMILES string of the molecule is CCOc1ccc(NC(=O)CSc2nc3ccsc3c(=O)n2-c2ccc(Cl)c(C)c2)cc1. The lowest BCUT2D eigenvalue weighted by molar-refractivity contribution is -0.113. The largest absolute Gasteiger partial charge is 0.494 e. The third-order valence-corrected chi connectivity index (χ3v) is 6.88. The summed E-state index contributed by atoms with van der Waals surface area (Å²) in [6, 6.07) is 14.4. The topological polar surface area (TPSA) is 73.2 Å². The summed E-state index contributed by atoms with van der Waals surface area (Å²) in [5.41, 5.74) is 2.64. The number of thiophene rings is 1. The Morgan fingerprint density at radius 2 is 2.00 bits per heavy atom. The molecule has 0 aliphatic carbocycles. The molecule has 2 heterocycles. The van der Waals surface area contributed by atoms with E-state index in [1.54, 1.807) is 36.4 Å². The highest BCUT2D eigenvalue weighted by Crippen LogP contribution is 2.26. The number of hydrogen-bond acceptors (Lipinski definition) is 6. The molecule has 4 rings (SSSR count). The van der Waals surface area contributed by atoms with Crippen molar-refractivity contribution in [2.45, 2.75) is 19.0 Å². The normalized spacial score (nSPS) is 11.0. The molecule has 0 saturated heterocycles. The third kappa shape index (κ3) is 4.82. The van der Waals surface area contributed by atoms with Gasteiger partial charge in [0.1, 0.15) is 10.4 Å². The molecular weight excluding hydrogens is 466 g/mol. The van der Waals surface area contributed by atoms with Crippen LogP contribution in [0.4, 0.5) is 5.69 Å². The summed E-state index contributed by atoms with van der Waals surface area (Å²) < 4.78 is 7.53. The number of amides is 1. The van der Waals surface area contributed by atoms with Crippen molar-refractivity contribution in [3.63, 3.8) is 0 Å². The fourth-order valence-corrected chi connectivity index (χ4v) is 4.80. The number of ether oxygens (including phenoxy) is 1. The highest BCUT2D eigenvalue weighted by atomic mass is 35.5. The van der Waals surface area contributed by atoms with Gasteiger partial charge in [0, 0.05) is 10.7 Å². The minimum Gasteiger partial charge on any atom is -0.494 e. The first-order valence-electron chi connectivity index (χ1n) is 9.88. The summed E-state index contributed by atoms with van der Waals surface area (Å²) in [5.74, 6) is 0.648. The predicted molar refractivity (Wildman–Crippen MR) is 132 cm³/mol. The fourth-order valence-electron chi connectivity index (χ4n) is 3.11. The molecule has 164 valence electrons. The van der Waals surface area contributed by atoms with Crippen molar-refractivity contribution in [1.82, 2.24) is 9.55 Å². The summed E-state index contributed by atoms with van der Waals surface area (Å²) in [5, 5.41) is 5.76. The first-order valence-corrected chi connectivity index (χ1v) is 12.1. The number of fused-ring (bicyclic) bond motifs is 1. The molecule has 0 spiro atoms. The molecule has 2 aromatic carbocycles. The van der Waals surface area contributed by atoms with Gasteiger partial charge in [0.2, 0.25) is 5.91 Å². The number of hydrogen-bond donors (Lipinski definition) is 1. The number of aromatic nitrogens is 2. The van der Waals surface area contributed by atoms with Gasteiger partial charge in [-0.25, -0.2) is 4.98 Å². The Morgan fingerprint density at radius 3 is 2.72 bits per heavy atom. The second kappa shape index (κ2) is 9.77. The van der Waals surface area contributed by atoms with E-state index < -0.39 is 0 Å². The second-order valence-electron chi connectivity index (χ2n) is 6.90. The van der Waals surface area contributed by atoms with E-state index in [2.05, 4.69) is 10.3 Å². The van der Waals surface area contributed by atoms with Crippen LogP contribution in [-0.4, -0.2) is 27.8 Å². The predicted octanol–water partition coefficient (Wildman–Crippen LogP) is 5.54. The van der Waals surface area contributed by atoms with E-state index >= 15 is 0 Å². The van der Waals surface area contributed by atoms with Gasteiger partial charge in [0.25, 0.3) is 5.56 Å². The molecule has 4 aromatic rings. The molecule has 0 saturated carbocycles. The van der Waals surface area contributed by atoms with Gasteiger partial charge in [-0.3, -0.25) is 14.2 Å². The van der Waals surface area contributed by atoms with E-state index in [1.807, 2.05) is 31.4 Å². The Labute approximate surface area is 198 Å². The van der Waals surface area contributed by atoms with Gasteiger partial charge in [-0.1, -0.05) is 23.4 Å². The zero-order valence-corrected chi connectivity index (χ0v) is 19.8. The Morgan fingerprint density at radius 1 is 1.22 bits per heavy atom. The molecule has 2 aromatic heterocycles. The molecule has 9 heteroatoms. The molecule has 32 heavy (non-hydrogen) atoms. The zero-order chi connectivity index (χ0) is 22.7. The van der Waals surface area contributed by atoms with Gasteiger partial charge in [-0.05, 0) is 73.3 Å². The van der Waals surface area contributed by atoms with Crippen molar-refractivity contribution in [2.75, 3.05) is 17.7 Å². The monoisotopic (exact) mass is 485 g/mol. The second-order valence-corrected chi connectivity index (χ2v) is 9.16. The van der Waals surface area contributed by atoms with Crippen molar-refractivity contribution in [2.24, 2.45) is 0 Å². The molecule has 0 fully saturated rings. The first kappa shape index (κ1) is 22.4. The number of nitrogens with zero attached hydrogens (tertiary/aromatic N) is 2. The molecule has 0 radical (unpaired) electrons. The van der Waals surface area contributed by atoms with Crippen molar-refractivity contribution in [1.29, 1.82) is 0 Å². The summed E-state index contributed by atoms with van der Waals surface area (Å²) >= 11 is 8.72. The zero-order valence-electron chi connectivity index (χ0n) is 17.4. The number of aryl methyl sites for hydroxylation is 1. The van der Waals surface area contributed by atoms with Crippen molar-refractivity contribution in [3.05, 3.63) is 74.9 Å². The van der Waals surface area contributed by atoms with Crippen LogP contribution >= 0.6 is 34.7 Å². The summed E-state index contributed by atoms with van der Waals surface area (Å²) in [7, 11) is 0. The van der Waals surface area contributed by atoms with Crippen LogP contribution in [0.3, 0.4) is 0 Å².